The fourth-order valence-corrected chi connectivity index (χ4v) is 2.59. The number of carbonyl (C=O) groups is 2. The molecule has 0 atom stereocenters. The second kappa shape index (κ2) is 13.7. The van der Waals surface area contributed by atoms with Crippen LogP contribution in [0.1, 0.15) is 57.8 Å². The van der Waals surface area contributed by atoms with Crippen LogP contribution in [0.4, 0.5) is 0 Å². The minimum absolute atomic E-state index is 0.147. The molecule has 0 aromatic carbocycles. The quantitative estimate of drug-likeness (QED) is 0.415. The summed E-state index contributed by atoms with van der Waals surface area (Å²) >= 11 is 1.63. The zero-order valence-electron chi connectivity index (χ0n) is 11.9. The largest absolute Gasteiger partial charge is 0.481 e. The van der Waals surface area contributed by atoms with E-state index in [4.69, 9.17) is 5.11 Å². The normalized spacial score (nSPS) is 10.4. The zero-order valence-corrected chi connectivity index (χ0v) is 12.7. The molecule has 0 aromatic rings. The molecule has 0 saturated carbocycles. The highest BCUT2D eigenvalue weighted by Gasteiger charge is 1.99. The van der Waals surface area contributed by atoms with Crippen LogP contribution < -0.4 is 0 Å². The van der Waals surface area contributed by atoms with E-state index < -0.39 is 5.97 Å². The van der Waals surface area contributed by atoms with Crippen LogP contribution in [0.5, 0.6) is 0 Å². The Morgan fingerprint density at radius 3 is 2.00 bits per heavy atom. The first kappa shape index (κ1) is 18.3. The van der Waals surface area contributed by atoms with Gasteiger partial charge in [0.15, 0.2) is 0 Å². The van der Waals surface area contributed by atoms with Crippen LogP contribution in [0, 0.1) is 0 Å². The predicted octanol–water partition coefficient (Wildman–Crippen LogP) is 3.49. The molecule has 112 valence electrons. The van der Waals surface area contributed by atoms with Gasteiger partial charge in [-0.2, -0.15) is 11.8 Å². The fourth-order valence-electron chi connectivity index (χ4n) is 1.76. The topological polar surface area (TPSA) is 63.6 Å². The van der Waals surface area contributed by atoms with Crippen LogP contribution in [0.3, 0.4) is 0 Å². The molecule has 0 bridgehead atoms. The maximum Gasteiger partial charge on any atom is 0.315 e. The Morgan fingerprint density at radius 1 is 0.947 bits per heavy atom. The number of thioether (sulfide) groups is 1. The number of hydrogen-bond donors (Lipinski definition) is 1. The molecule has 0 spiro atoms. The van der Waals surface area contributed by atoms with Gasteiger partial charge in [0.1, 0.15) is 0 Å². The van der Waals surface area contributed by atoms with Crippen LogP contribution in [0.2, 0.25) is 0 Å². The molecule has 0 aliphatic carbocycles. The van der Waals surface area contributed by atoms with E-state index in [2.05, 4.69) is 4.74 Å². The molecule has 5 heteroatoms. The van der Waals surface area contributed by atoms with Gasteiger partial charge in [-0.1, -0.05) is 38.5 Å². The summed E-state index contributed by atoms with van der Waals surface area (Å²) in [5, 5.41) is 8.48. The molecule has 0 radical (unpaired) electrons. The SMILES string of the molecule is COC(=O)CSCCCCCCCCCCC(=O)O. The van der Waals surface area contributed by atoms with Gasteiger partial charge >= 0.3 is 11.9 Å². The van der Waals surface area contributed by atoms with Crippen LogP contribution in [0.15, 0.2) is 0 Å². The lowest BCUT2D eigenvalue weighted by atomic mass is 10.1. The lowest BCUT2D eigenvalue weighted by molar-refractivity contribution is -0.138. The van der Waals surface area contributed by atoms with Crippen LogP contribution in [-0.2, 0) is 14.3 Å². The summed E-state index contributed by atoms with van der Waals surface area (Å²) in [5.74, 6) is 0.643. The second-order valence-corrected chi connectivity index (χ2v) is 5.71. The summed E-state index contributed by atoms with van der Waals surface area (Å²) in [5.41, 5.74) is 0. The fraction of sp³-hybridized carbons (Fsp3) is 0.857. The lowest BCUT2D eigenvalue weighted by Crippen LogP contribution is -2.03. The zero-order chi connectivity index (χ0) is 14.3. The molecule has 0 amide bonds. The van der Waals surface area contributed by atoms with E-state index in [9.17, 15) is 9.59 Å². The number of aliphatic carboxylic acids is 1. The van der Waals surface area contributed by atoms with E-state index in [1.54, 1.807) is 11.8 Å². The summed E-state index contributed by atoms with van der Waals surface area (Å²) < 4.78 is 4.56. The van der Waals surface area contributed by atoms with Crippen molar-refractivity contribution in [1.82, 2.24) is 0 Å². The number of ether oxygens (including phenoxy) is 1. The third kappa shape index (κ3) is 15.2. The van der Waals surface area contributed by atoms with Gasteiger partial charge in [0.05, 0.1) is 12.9 Å². The summed E-state index contributed by atoms with van der Waals surface area (Å²) in [6, 6.07) is 0. The van der Waals surface area contributed by atoms with Crippen molar-refractivity contribution in [2.75, 3.05) is 18.6 Å². The standard InChI is InChI=1S/C14H26O4S/c1-18-14(17)12-19-11-9-7-5-3-2-4-6-8-10-13(15)16/h2-12H2,1H3,(H,15,16). The molecule has 0 heterocycles. The van der Waals surface area contributed by atoms with E-state index in [1.807, 2.05) is 0 Å². The highest BCUT2D eigenvalue weighted by molar-refractivity contribution is 7.99. The van der Waals surface area contributed by atoms with Gasteiger partial charge in [0.25, 0.3) is 0 Å². The number of carboxylic acids is 1. The number of unbranched alkanes of at least 4 members (excludes halogenated alkanes) is 7. The third-order valence-electron chi connectivity index (χ3n) is 2.88. The Hall–Kier alpha value is -0.710. The Morgan fingerprint density at radius 2 is 1.47 bits per heavy atom. The molecule has 0 aromatic heterocycles. The van der Waals surface area contributed by atoms with Crippen LogP contribution in [0.25, 0.3) is 0 Å². The molecule has 0 rings (SSSR count). The van der Waals surface area contributed by atoms with Gasteiger partial charge in [0, 0.05) is 6.42 Å². The van der Waals surface area contributed by atoms with Crippen molar-refractivity contribution in [3.63, 3.8) is 0 Å². The van der Waals surface area contributed by atoms with Crippen LogP contribution in [-0.4, -0.2) is 35.7 Å². The Labute approximate surface area is 120 Å². The molecular weight excluding hydrogens is 264 g/mol. The van der Waals surface area contributed by atoms with Crippen molar-refractivity contribution in [2.24, 2.45) is 0 Å². The molecule has 1 N–H and O–H groups in total. The summed E-state index contributed by atoms with van der Waals surface area (Å²) in [6.07, 6.45) is 9.31. The van der Waals surface area contributed by atoms with Gasteiger partial charge in [0.2, 0.25) is 0 Å². The molecule has 19 heavy (non-hydrogen) atoms. The lowest BCUT2D eigenvalue weighted by Gasteiger charge is -2.02. The van der Waals surface area contributed by atoms with Gasteiger partial charge in [-0.05, 0) is 18.6 Å². The van der Waals surface area contributed by atoms with Gasteiger partial charge < -0.3 is 9.84 Å². The first-order chi connectivity index (χ1) is 9.16. The molecular formula is C14H26O4S. The molecule has 0 saturated heterocycles. The van der Waals surface area contributed by atoms with Crippen molar-refractivity contribution in [2.45, 2.75) is 57.8 Å². The highest BCUT2D eigenvalue weighted by atomic mass is 32.2. The van der Waals surface area contributed by atoms with Crippen molar-refractivity contribution in [3.8, 4) is 0 Å². The number of methoxy groups -OCH3 is 1. The minimum Gasteiger partial charge on any atom is -0.481 e. The number of carbonyl (C=O) groups excluding carboxylic acids is 1. The van der Waals surface area contributed by atoms with Gasteiger partial charge in [-0.25, -0.2) is 0 Å². The van der Waals surface area contributed by atoms with E-state index in [1.165, 1.54) is 32.8 Å². The second-order valence-electron chi connectivity index (χ2n) is 4.60. The van der Waals surface area contributed by atoms with E-state index in [0.29, 0.717) is 12.2 Å². The van der Waals surface area contributed by atoms with Crippen LogP contribution >= 0.6 is 11.8 Å². The van der Waals surface area contributed by atoms with Gasteiger partial charge in [-0.15, -0.1) is 0 Å². The van der Waals surface area contributed by atoms with Crippen molar-refractivity contribution >= 4 is 23.7 Å². The molecule has 0 unspecified atom stereocenters. The number of hydrogen-bond acceptors (Lipinski definition) is 4. The van der Waals surface area contributed by atoms with Crippen molar-refractivity contribution < 1.29 is 19.4 Å². The minimum atomic E-state index is -0.690. The first-order valence-electron chi connectivity index (χ1n) is 7.03. The summed E-state index contributed by atoms with van der Waals surface area (Å²) in [6.45, 7) is 0. The Balaban J connectivity index is 3.03. The number of rotatable bonds is 13. The summed E-state index contributed by atoms with van der Waals surface area (Å²) in [4.78, 5) is 21.1. The average molecular weight is 290 g/mol. The molecule has 4 nitrogen and oxygen atoms in total. The maximum atomic E-state index is 10.8. The Kier molecular flexibility index (Phi) is 13.2. The van der Waals surface area contributed by atoms with Crippen molar-refractivity contribution in [3.05, 3.63) is 0 Å². The maximum absolute atomic E-state index is 10.8. The Bertz CT molecular complexity index is 244. The first-order valence-corrected chi connectivity index (χ1v) is 8.18. The monoisotopic (exact) mass is 290 g/mol. The number of esters is 1. The predicted molar refractivity (Wildman–Crippen MR) is 78.5 cm³/mol. The van der Waals surface area contributed by atoms with Crippen molar-refractivity contribution in [1.29, 1.82) is 0 Å². The van der Waals surface area contributed by atoms with Gasteiger partial charge in [-0.3, -0.25) is 9.59 Å². The molecule has 0 aliphatic heterocycles. The molecule has 0 fully saturated rings. The smallest absolute Gasteiger partial charge is 0.315 e. The highest BCUT2D eigenvalue weighted by Crippen LogP contribution is 2.12. The van der Waals surface area contributed by atoms with E-state index in [0.717, 1.165) is 31.4 Å². The molecule has 0 aliphatic rings. The number of carboxylic acid groups (broad SMARTS) is 1. The summed E-state index contributed by atoms with van der Waals surface area (Å²) in [7, 11) is 1.42. The third-order valence-corrected chi connectivity index (χ3v) is 3.89. The average Bonchev–Trinajstić information content (AvgIpc) is 2.39. The van der Waals surface area contributed by atoms with E-state index in [-0.39, 0.29) is 5.97 Å². The van der Waals surface area contributed by atoms with E-state index >= 15 is 0 Å².